The Bertz CT molecular complexity index is 2360. The van der Waals surface area contributed by atoms with Gasteiger partial charge in [0.2, 0.25) is 0 Å². The molecule has 21 heteroatoms. The number of aromatic nitrogens is 6. The van der Waals surface area contributed by atoms with Gasteiger partial charge < -0.3 is 15.4 Å². The number of aryl methyl sites for hydroxylation is 2. The van der Waals surface area contributed by atoms with Gasteiger partial charge in [0.25, 0.3) is 5.91 Å². The third kappa shape index (κ3) is 11.9. The van der Waals surface area contributed by atoms with Crippen molar-refractivity contribution >= 4 is 25.4 Å². The smallest absolute Gasteiger partial charge is 0.388 e. The quantitative estimate of drug-likeness (QED) is 0.122. The van der Waals surface area contributed by atoms with Crippen molar-refractivity contribution in [2.24, 2.45) is 14.1 Å². The number of nitrogens with zero attached hydrogens (tertiary/aromatic N) is 6. The molecule has 0 spiro atoms. The predicted octanol–water partition coefficient (Wildman–Crippen LogP) is 8.71. The second-order valence-electron chi connectivity index (χ2n) is 12.7. The molecule has 6 aromatic rings. The Labute approximate surface area is 330 Å². The van der Waals surface area contributed by atoms with Crippen molar-refractivity contribution < 1.29 is 53.4 Å². The zero-order chi connectivity index (χ0) is 43.1. The number of carbonyl (C=O) groups excluding carboxylic acids is 1. The van der Waals surface area contributed by atoms with E-state index in [1.807, 2.05) is 0 Å². The number of benzene rings is 2. The molecule has 1 aliphatic rings. The van der Waals surface area contributed by atoms with Gasteiger partial charge in [0.1, 0.15) is 42.8 Å². The second-order valence-corrected chi connectivity index (χ2v) is 12.7. The number of pyridine rings is 2. The van der Waals surface area contributed by atoms with Crippen LogP contribution in [0.5, 0.6) is 0 Å². The lowest BCUT2D eigenvalue weighted by molar-refractivity contribution is -0.142. The Morgan fingerprint density at radius 1 is 0.746 bits per heavy atom. The Kier molecular flexibility index (Phi) is 13.8. The Hall–Kier alpha value is -6.25. The van der Waals surface area contributed by atoms with Crippen LogP contribution in [0.25, 0.3) is 22.5 Å². The highest BCUT2D eigenvalue weighted by Gasteiger charge is 2.35. The van der Waals surface area contributed by atoms with Crippen LogP contribution in [0, 0.1) is 23.3 Å². The molecule has 10 nitrogen and oxygen atoms in total. The molecule has 0 saturated carbocycles. The van der Waals surface area contributed by atoms with Crippen LogP contribution in [-0.2, 0) is 37.7 Å². The van der Waals surface area contributed by atoms with Gasteiger partial charge in [0.05, 0.1) is 17.0 Å². The van der Waals surface area contributed by atoms with E-state index in [1.54, 1.807) is 12.1 Å². The molecule has 7 rings (SSSR count). The van der Waals surface area contributed by atoms with Crippen molar-refractivity contribution in [3.05, 3.63) is 131 Å². The summed E-state index contributed by atoms with van der Waals surface area (Å²) in [6, 6.07) is 13.5. The van der Waals surface area contributed by atoms with Crippen molar-refractivity contribution in [3.63, 3.8) is 0 Å². The molecule has 1 amide bonds. The molecule has 1 aliphatic heterocycles. The van der Waals surface area contributed by atoms with E-state index < -0.39 is 52.9 Å². The average Bonchev–Trinajstić information content (AvgIpc) is 3.92. The minimum atomic E-state index is -4.57. The van der Waals surface area contributed by atoms with Crippen molar-refractivity contribution in [1.29, 1.82) is 0 Å². The van der Waals surface area contributed by atoms with Crippen molar-refractivity contribution in [1.82, 2.24) is 29.5 Å². The van der Waals surface area contributed by atoms with E-state index in [1.165, 1.54) is 44.7 Å². The summed E-state index contributed by atoms with van der Waals surface area (Å²) in [7, 11) is 8.08. The third-order valence-electron chi connectivity index (χ3n) is 8.32. The summed E-state index contributed by atoms with van der Waals surface area (Å²) in [5.41, 5.74) is -0.894. The monoisotopic (exact) mass is 832 g/mol. The van der Waals surface area contributed by atoms with Crippen molar-refractivity contribution in [3.8, 4) is 22.5 Å². The van der Waals surface area contributed by atoms with E-state index in [0.717, 1.165) is 65.2 Å². The number of hydrogen-bond donors (Lipinski definition) is 2. The lowest BCUT2D eigenvalue weighted by atomic mass is 9.98. The van der Waals surface area contributed by atoms with Gasteiger partial charge in [-0.15, -0.1) is 0 Å². The maximum atomic E-state index is 13.6. The number of anilines is 2. The summed E-state index contributed by atoms with van der Waals surface area (Å²) in [5, 5.41) is 12.1. The highest BCUT2D eigenvalue weighted by molar-refractivity contribution is 6.11. The molecule has 1 atom stereocenters. The summed E-state index contributed by atoms with van der Waals surface area (Å²) >= 11 is 0. The Morgan fingerprint density at radius 2 is 1.27 bits per heavy atom. The molecule has 308 valence electrons. The normalized spacial score (nSPS) is 13.9. The fourth-order valence-corrected chi connectivity index (χ4v) is 5.33. The average molecular weight is 833 g/mol. The second kappa shape index (κ2) is 18.6. The van der Waals surface area contributed by atoms with Crippen LogP contribution in [0.4, 0.5) is 55.5 Å². The maximum Gasteiger partial charge on any atom is 0.435 e. The fraction of sp³-hybridized carbons (Fsp3) is 0.237. The van der Waals surface area contributed by atoms with Gasteiger partial charge in [-0.1, -0.05) is 6.07 Å². The van der Waals surface area contributed by atoms with E-state index in [2.05, 4.69) is 30.8 Å². The molecule has 1 saturated heterocycles. The van der Waals surface area contributed by atoms with Crippen LogP contribution < -0.4 is 10.6 Å². The largest absolute Gasteiger partial charge is 0.435 e. The maximum absolute atomic E-state index is 13.6. The third-order valence-corrected chi connectivity index (χ3v) is 8.32. The first-order valence-corrected chi connectivity index (χ1v) is 17.2. The number of nitrogens with one attached hydrogen (secondary N) is 2. The van der Waals surface area contributed by atoms with Crippen LogP contribution >= 0.6 is 0 Å². The van der Waals surface area contributed by atoms with E-state index in [-0.39, 0.29) is 40.9 Å². The van der Waals surface area contributed by atoms with Gasteiger partial charge in [-0.25, -0.2) is 27.5 Å². The first-order valence-electron chi connectivity index (χ1n) is 17.2. The molecule has 0 bridgehead atoms. The summed E-state index contributed by atoms with van der Waals surface area (Å²) in [4.78, 5) is 20.0. The molecule has 5 heterocycles. The lowest BCUT2D eigenvalue weighted by Crippen LogP contribution is -2.14. The van der Waals surface area contributed by atoms with Gasteiger partial charge in [-0.05, 0) is 67.4 Å². The van der Waals surface area contributed by atoms with Crippen molar-refractivity contribution in [2.75, 3.05) is 17.2 Å². The van der Waals surface area contributed by atoms with Gasteiger partial charge in [-0.2, -0.15) is 36.5 Å². The molecule has 4 aromatic heterocycles. The van der Waals surface area contributed by atoms with Gasteiger partial charge in [0.15, 0.2) is 11.4 Å². The summed E-state index contributed by atoms with van der Waals surface area (Å²) < 4.78 is 136. The van der Waals surface area contributed by atoms with E-state index in [9.17, 15) is 48.7 Å². The molecule has 0 aliphatic carbocycles. The standard InChI is InChI=1S/C17H11F5N4O.C17H13F5N4.C4H7BO/c1-26-13(7-14(25-26)17(20,21)22)9-2-5-15(23-8-9)24-16(27)11-4-3-10(18)6-12(11)19;1-26-14(7-15(25-26)17(20,21)22)11-3-5-16(24-9-11)23-8-10-2-4-12(18)6-13(10)19;5-4-2-1-3-6-4/h2-8H,1H3,(H,23,24,27);2-7,9H,8H2,1H3,(H,23,24);4H,1-3H2. The van der Waals surface area contributed by atoms with E-state index >= 15 is 0 Å². The SMILES string of the molecule is Cn1nc(C(F)(F)F)cc1-c1ccc(NC(=O)c2ccc(F)cc2F)nc1.Cn1nc(C(F)(F)F)cc1-c1ccc(NCc2ccc(F)cc2F)nc1.[B]C1CCCO1. The topological polar surface area (TPSA) is 112 Å². The van der Waals surface area contributed by atoms with Crippen LogP contribution in [-0.4, -0.2) is 55.9 Å². The minimum absolute atomic E-state index is 0.0463. The molecule has 2 aromatic carbocycles. The summed E-state index contributed by atoms with van der Waals surface area (Å²) in [6.45, 7) is 0.948. The molecule has 1 fully saturated rings. The number of alkyl halides is 6. The van der Waals surface area contributed by atoms with E-state index in [4.69, 9.17) is 12.6 Å². The van der Waals surface area contributed by atoms with Gasteiger partial charge >= 0.3 is 12.4 Å². The van der Waals surface area contributed by atoms with E-state index in [0.29, 0.717) is 23.0 Å². The molecule has 2 radical (unpaired) electrons. The number of ether oxygens (including phenoxy) is 1. The summed E-state index contributed by atoms with van der Waals surface area (Å²) in [6.07, 6.45) is -4.28. The number of hydrogen-bond acceptors (Lipinski definition) is 7. The highest BCUT2D eigenvalue weighted by atomic mass is 19.4. The molecular formula is C38H31BF10N8O2. The van der Waals surface area contributed by atoms with Gasteiger partial charge in [0, 0.05) is 74.5 Å². The first-order chi connectivity index (χ1) is 27.8. The number of amides is 1. The van der Waals surface area contributed by atoms with Crippen LogP contribution in [0.2, 0.25) is 0 Å². The Balaban J connectivity index is 0.000000196. The summed E-state index contributed by atoms with van der Waals surface area (Å²) in [5.74, 6) is -3.58. The fourth-order valence-electron chi connectivity index (χ4n) is 5.33. The molecular weight excluding hydrogens is 801 g/mol. The molecule has 1 unspecified atom stereocenters. The minimum Gasteiger partial charge on any atom is -0.388 e. The zero-order valence-corrected chi connectivity index (χ0v) is 30.8. The first kappa shape index (κ1) is 43.9. The van der Waals surface area contributed by atoms with Crippen LogP contribution in [0.15, 0.2) is 85.2 Å². The number of halogens is 10. The Morgan fingerprint density at radius 3 is 1.68 bits per heavy atom. The van der Waals surface area contributed by atoms with Crippen LogP contribution in [0.1, 0.15) is 40.2 Å². The highest BCUT2D eigenvalue weighted by Crippen LogP contribution is 2.33. The zero-order valence-electron chi connectivity index (χ0n) is 30.8. The lowest BCUT2D eigenvalue weighted by Gasteiger charge is -2.08. The van der Waals surface area contributed by atoms with Crippen molar-refractivity contribution in [2.45, 2.75) is 37.7 Å². The van der Waals surface area contributed by atoms with Gasteiger partial charge in [-0.3, -0.25) is 14.2 Å². The molecule has 59 heavy (non-hydrogen) atoms. The van der Waals surface area contributed by atoms with Crippen LogP contribution in [0.3, 0.4) is 0 Å². The number of carbonyl (C=O) groups is 1. The molecule has 2 N–H and O–H groups in total. The number of rotatable bonds is 7. The predicted molar refractivity (Wildman–Crippen MR) is 196 cm³/mol.